The van der Waals surface area contributed by atoms with Gasteiger partial charge in [0.05, 0.1) is 17.9 Å². The molecule has 184 valence electrons. The van der Waals surface area contributed by atoms with Crippen molar-refractivity contribution in [3.8, 4) is 11.3 Å². The van der Waals surface area contributed by atoms with E-state index in [4.69, 9.17) is 0 Å². The van der Waals surface area contributed by atoms with Crippen LogP contribution in [0.3, 0.4) is 0 Å². The van der Waals surface area contributed by atoms with Crippen molar-refractivity contribution in [3.63, 3.8) is 0 Å². The Hall–Kier alpha value is -4.43. The van der Waals surface area contributed by atoms with Gasteiger partial charge in [-0.15, -0.1) is 0 Å². The summed E-state index contributed by atoms with van der Waals surface area (Å²) in [5.74, 6) is 1.59. The molecule has 5 aromatic rings. The highest BCUT2D eigenvalue weighted by Gasteiger charge is 2.13. The molecule has 5 heterocycles. The number of hydrogen-bond donors (Lipinski definition) is 2. The Balaban J connectivity index is 1.34. The van der Waals surface area contributed by atoms with Gasteiger partial charge in [-0.25, -0.2) is 9.97 Å². The molecular formula is C29H27N7O. The SMILES string of the molecule is Cc1cccnc1CNc1cc2c(=O)c3cc(-c4ccc(N5CCNCC5)nc4)ncc3ccc2cn1. The van der Waals surface area contributed by atoms with Crippen molar-refractivity contribution >= 4 is 33.2 Å². The summed E-state index contributed by atoms with van der Waals surface area (Å²) in [6.07, 6.45) is 7.10. The minimum atomic E-state index is -0.0523. The van der Waals surface area contributed by atoms with Gasteiger partial charge < -0.3 is 15.5 Å². The van der Waals surface area contributed by atoms with Gasteiger partial charge in [-0.2, -0.15) is 0 Å². The summed E-state index contributed by atoms with van der Waals surface area (Å²) in [5, 5.41) is 9.46. The zero-order chi connectivity index (χ0) is 25.2. The number of piperazine rings is 1. The lowest BCUT2D eigenvalue weighted by atomic mass is 10.1. The second-order valence-corrected chi connectivity index (χ2v) is 9.24. The highest BCUT2D eigenvalue weighted by molar-refractivity contribution is 5.94. The molecule has 2 N–H and O–H groups in total. The van der Waals surface area contributed by atoms with E-state index in [0.717, 1.165) is 65.3 Å². The summed E-state index contributed by atoms with van der Waals surface area (Å²) in [6.45, 7) is 6.36. The van der Waals surface area contributed by atoms with Crippen molar-refractivity contribution in [2.75, 3.05) is 36.4 Å². The Kier molecular flexibility index (Phi) is 6.16. The van der Waals surface area contributed by atoms with E-state index >= 15 is 0 Å². The Morgan fingerprint density at radius 3 is 2.43 bits per heavy atom. The van der Waals surface area contributed by atoms with Gasteiger partial charge in [0, 0.05) is 78.1 Å². The molecule has 0 amide bonds. The van der Waals surface area contributed by atoms with Crippen LogP contribution in [-0.2, 0) is 6.54 Å². The number of anilines is 2. The molecule has 8 nitrogen and oxygen atoms in total. The lowest BCUT2D eigenvalue weighted by molar-refractivity contribution is 0.585. The summed E-state index contributed by atoms with van der Waals surface area (Å²) in [5.41, 5.74) is 3.60. The predicted molar refractivity (Wildman–Crippen MR) is 148 cm³/mol. The average molecular weight is 490 g/mol. The Labute approximate surface area is 214 Å². The molecule has 1 saturated heterocycles. The van der Waals surface area contributed by atoms with Crippen molar-refractivity contribution in [2.45, 2.75) is 13.5 Å². The number of aryl methyl sites for hydroxylation is 1. The van der Waals surface area contributed by atoms with Crippen LogP contribution in [0.2, 0.25) is 0 Å². The Bertz CT molecular complexity index is 1650. The molecule has 0 saturated carbocycles. The molecule has 8 heteroatoms. The van der Waals surface area contributed by atoms with Crippen LogP contribution in [0.15, 0.2) is 78.1 Å². The molecule has 6 rings (SSSR count). The molecule has 0 bridgehead atoms. The maximum Gasteiger partial charge on any atom is 0.194 e. The lowest BCUT2D eigenvalue weighted by Gasteiger charge is -2.28. The lowest BCUT2D eigenvalue weighted by Crippen LogP contribution is -2.43. The zero-order valence-corrected chi connectivity index (χ0v) is 20.6. The van der Waals surface area contributed by atoms with Gasteiger partial charge in [0.15, 0.2) is 5.43 Å². The molecule has 37 heavy (non-hydrogen) atoms. The summed E-state index contributed by atoms with van der Waals surface area (Å²) in [7, 11) is 0. The van der Waals surface area contributed by atoms with Crippen molar-refractivity contribution in [1.82, 2.24) is 25.3 Å². The van der Waals surface area contributed by atoms with Gasteiger partial charge in [0.2, 0.25) is 0 Å². The van der Waals surface area contributed by atoms with Crippen LogP contribution in [0.25, 0.3) is 32.8 Å². The molecule has 1 aromatic carbocycles. The third-order valence-corrected chi connectivity index (χ3v) is 6.84. The van der Waals surface area contributed by atoms with Crippen LogP contribution in [0, 0.1) is 6.92 Å². The van der Waals surface area contributed by atoms with Crippen LogP contribution >= 0.6 is 0 Å². The summed E-state index contributed by atoms with van der Waals surface area (Å²) >= 11 is 0. The molecule has 1 fully saturated rings. The standard InChI is InChI=1S/C29H27N7O/c1-19-3-2-8-31-26(19)18-34-27-14-24-21(16-33-27)5-4-20-15-32-25(13-23(20)29(24)37)22-6-7-28(35-17-22)36-11-9-30-10-12-36/h2-8,13-17,30H,9-12,18H2,1H3,(H,33,34). The van der Waals surface area contributed by atoms with E-state index in [1.54, 1.807) is 18.6 Å². The molecule has 0 spiro atoms. The average Bonchev–Trinajstić information content (AvgIpc) is 3.09. The number of rotatable bonds is 5. The second-order valence-electron chi connectivity index (χ2n) is 9.24. The van der Waals surface area contributed by atoms with E-state index in [1.807, 2.05) is 61.7 Å². The number of pyridine rings is 4. The smallest absolute Gasteiger partial charge is 0.194 e. The van der Waals surface area contributed by atoms with Crippen LogP contribution in [-0.4, -0.2) is 46.1 Å². The van der Waals surface area contributed by atoms with Gasteiger partial charge in [-0.05, 0) is 42.8 Å². The fourth-order valence-electron chi connectivity index (χ4n) is 4.67. The second kappa shape index (κ2) is 9.91. The number of nitrogens with zero attached hydrogens (tertiary/aromatic N) is 5. The zero-order valence-electron chi connectivity index (χ0n) is 20.6. The topological polar surface area (TPSA) is 95.9 Å². The highest BCUT2D eigenvalue weighted by Crippen LogP contribution is 2.23. The largest absolute Gasteiger partial charge is 0.364 e. The molecule has 4 aromatic heterocycles. The first-order valence-electron chi connectivity index (χ1n) is 12.4. The van der Waals surface area contributed by atoms with E-state index in [2.05, 4.69) is 35.5 Å². The number of aromatic nitrogens is 4. The van der Waals surface area contributed by atoms with Gasteiger partial charge in [-0.3, -0.25) is 14.8 Å². The molecule has 1 aliphatic rings. The molecule has 0 atom stereocenters. The molecule has 1 aliphatic heterocycles. The normalized spacial score (nSPS) is 13.7. The van der Waals surface area contributed by atoms with E-state index in [-0.39, 0.29) is 5.43 Å². The fourth-order valence-corrected chi connectivity index (χ4v) is 4.67. The Morgan fingerprint density at radius 1 is 0.892 bits per heavy atom. The summed E-state index contributed by atoms with van der Waals surface area (Å²) in [4.78, 5) is 34.2. The third kappa shape index (κ3) is 4.71. The van der Waals surface area contributed by atoms with Crippen LogP contribution in [0.4, 0.5) is 11.6 Å². The van der Waals surface area contributed by atoms with Gasteiger partial charge in [-0.1, -0.05) is 18.2 Å². The number of fused-ring (bicyclic) bond motifs is 2. The first kappa shape index (κ1) is 23.0. The quantitative estimate of drug-likeness (QED) is 0.383. The summed E-state index contributed by atoms with van der Waals surface area (Å²) in [6, 6.07) is 15.5. The van der Waals surface area contributed by atoms with Crippen LogP contribution in [0.1, 0.15) is 11.3 Å². The van der Waals surface area contributed by atoms with Crippen LogP contribution < -0.4 is 21.0 Å². The van der Waals surface area contributed by atoms with Gasteiger partial charge in [0.25, 0.3) is 0 Å². The fraction of sp³-hybridized carbons (Fsp3) is 0.207. The van der Waals surface area contributed by atoms with Crippen molar-refractivity contribution < 1.29 is 0 Å². The first-order chi connectivity index (χ1) is 18.2. The molecule has 0 unspecified atom stereocenters. The maximum atomic E-state index is 13.7. The van der Waals surface area contributed by atoms with Gasteiger partial charge >= 0.3 is 0 Å². The summed E-state index contributed by atoms with van der Waals surface area (Å²) < 4.78 is 0. The third-order valence-electron chi connectivity index (χ3n) is 6.84. The van der Waals surface area contributed by atoms with Gasteiger partial charge in [0.1, 0.15) is 11.6 Å². The molecular weight excluding hydrogens is 462 g/mol. The van der Waals surface area contributed by atoms with Crippen molar-refractivity contribution in [3.05, 3.63) is 94.8 Å². The maximum absolute atomic E-state index is 13.7. The number of hydrogen-bond acceptors (Lipinski definition) is 8. The highest BCUT2D eigenvalue weighted by atomic mass is 16.1. The first-order valence-corrected chi connectivity index (χ1v) is 12.4. The number of nitrogens with one attached hydrogen (secondary N) is 2. The van der Waals surface area contributed by atoms with E-state index in [9.17, 15) is 4.79 Å². The van der Waals surface area contributed by atoms with Crippen molar-refractivity contribution in [2.24, 2.45) is 0 Å². The van der Waals surface area contributed by atoms with Crippen molar-refractivity contribution in [1.29, 1.82) is 0 Å². The Morgan fingerprint density at radius 2 is 1.68 bits per heavy atom. The molecule has 0 aliphatic carbocycles. The minimum absolute atomic E-state index is 0.0523. The van der Waals surface area contributed by atoms with E-state index < -0.39 is 0 Å². The van der Waals surface area contributed by atoms with Crippen LogP contribution in [0.5, 0.6) is 0 Å². The monoisotopic (exact) mass is 489 g/mol. The minimum Gasteiger partial charge on any atom is -0.364 e. The predicted octanol–water partition coefficient (Wildman–Crippen LogP) is 3.93. The van der Waals surface area contributed by atoms with E-state index in [0.29, 0.717) is 23.1 Å². The van der Waals surface area contributed by atoms with E-state index in [1.165, 1.54) is 0 Å². The molecule has 0 radical (unpaired) electrons.